The van der Waals surface area contributed by atoms with Gasteiger partial charge in [0.15, 0.2) is 0 Å². The Balaban J connectivity index is 2.76. The van der Waals surface area contributed by atoms with Gasteiger partial charge in [-0.3, -0.25) is 4.79 Å². The molecule has 0 spiro atoms. The summed E-state index contributed by atoms with van der Waals surface area (Å²) in [7, 11) is 1.61. The Morgan fingerprint density at radius 2 is 2.56 bits per heavy atom. The number of furan rings is 1. The van der Waals surface area contributed by atoms with E-state index < -0.39 is 0 Å². The van der Waals surface area contributed by atoms with Crippen molar-refractivity contribution < 1.29 is 9.21 Å². The quantitative estimate of drug-likeness (QED) is 0.546. The summed E-state index contributed by atoms with van der Waals surface area (Å²) < 4.78 is 4.72. The van der Waals surface area contributed by atoms with Crippen LogP contribution in [0.2, 0.25) is 0 Å². The highest BCUT2D eigenvalue weighted by molar-refractivity contribution is 5.73. The van der Waals surface area contributed by atoms with E-state index in [1.807, 2.05) is 0 Å². The average molecular weight is 124 g/mol. The largest absolute Gasteiger partial charge is 0.470 e. The Labute approximate surface area is 52.9 Å². The monoisotopic (exact) mass is 124 g/mol. The second-order valence-electron chi connectivity index (χ2n) is 1.63. The lowest BCUT2D eigenvalue weighted by Crippen LogP contribution is -2.12. The van der Waals surface area contributed by atoms with E-state index in [1.54, 1.807) is 19.5 Å². The first-order valence-corrected chi connectivity index (χ1v) is 2.48. The summed E-state index contributed by atoms with van der Waals surface area (Å²) in [6, 6.07) is 1.69. The molecule has 0 saturated carbocycles. The summed E-state index contributed by atoms with van der Waals surface area (Å²) >= 11 is 0. The van der Waals surface area contributed by atoms with E-state index in [0.717, 1.165) is 0 Å². The molecule has 0 atom stereocenters. The number of amides is 1. The maximum Gasteiger partial charge on any atom is 0.316 e. The molecule has 1 radical (unpaired) electrons. The second-order valence-corrected chi connectivity index (χ2v) is 1.63. The molecule has 0 aliphatic carbocycles. The summed E-state index contributed by atoms with van der Waals surface area (Å²) in [5, 5.41) is 0. The highest BCUT2D eigenvalue weighted by atomic mass is 16.3. The van der Waals surface area contributed by atoms with Crippen molar-refractivity contribution in [1.29, 1.82) is 0 Å². The Hall–Kier alpha value is -1.25. The predicted octanol–water partition coefficient (Wildman–Crippen LogP) is 0.783. The highest BCUT2D eigenvalue weighted by Gasteiger charge is 1.97. The normalized spacial score (nSPS) is 9.00. The van der Waals surface area contributed by atoms with E-state index in [0.29, 0.717) is 5.69 Å². The third-order valence-corrected chi connectivity index (χ3v) is 1.03. The Kier molecular flexibility index (Phi) is 1.53. The van der Waals surface area contributed by atoms with Crippen LogP contribution in [-0.2, 0) is 4.79 Å². The predicted molar refractivity (Wildman–Crippen MR) is 32.8 cm³/mol. The third kappa shape index (κ3) is 1.10. The maximum atomic E-state index is 9.96. The van der Waals surface area contributed by atoms with Crippen molar-refractivity contribution in [2.24, 2.45) is 0 Å². The molecule has 1 aromatic rings. The van der Waals surface area contributed by atoms with Crippen molar-refractivity contribution in [2.45, 2.75) is 0 Å². The third-order valence-electron chi connectivity index (χ3n) is 1.03. The lowest BCUT2D eigenvalue weighted by molar-refractivity contribution is 0.552. The molecular weight excluding hydrogens is 118 g/mol. The molecule has 9 heavy (non-hydrogen) atoms. The minimum atomic E-state index is 0.713. The summed E-state index contributed by atoms with van der Waals surface area (Å²) in [6.45, 7) is 0. The van der Waals surface area contributed by atoms with Gasteiger partial charge in [0.25, 0.3) is 0 Å². The minimum Gasteiger partial charge on any atom is -0.470 e. The average Bonchev–Trinajstić information content (AvgIpc) is 2.37. The van der Waals surface area contributed by atoms with E-state index in [-0.39, 0.29) is 0 Å². The van der Waals surface area contributed by atoms with Gasteiger partial charge >= 0.3 is 6.41 Å². The molecule has 0 N–H and O–H groups in total. The molecule has 0 fully saturated rings. The van der Waals surface area contributed by atoms with Crippen molar-refractivity contribution in [3.63, 3.8) is 0 Å². The molecule has 1 aromatic heterocycles. The molecule has 3 heteroatoms. The van der Waals surface area contributed by atoms with Crippen molar-refractivity contribution in [2.75, 3.05) is 11.9 Å². The van der Waals surface area contributed by atoms with Gasteiger partial charge in [-0.15, -0.1) is 0 Å². The molecule has 1 amide bonds. The molecule has 0 unspecified atom stereocenters. The minimum absolute atomic E-state index is 0.713. The fourth-order valence-corrected chi connectivity index (χ4v) is 0.501. The topological polar surface area (TPSA) is 33.5 Å². The van der Waals surface area contributed by atoms with E-state index in [9.17, 15) is 4.79 Å². The first-order valence-electron chi connectivity index (χ1n) is 2.48. The van der Waals surface area contributed by atoms with E-state index >= 15 is 0 Å². The molecule has 0 saturated heterocycles. The highest BCUT2D eigenvalue weighted by Crippen LogP contribution is 2.09. The lowest BCUT2D eigenvalue weighted by atomic mass is 10.5. The Morgan fingerprint density at radius 1 is 1.78 bits per heavy atom. The van der Waals surface area contributed by atoms with Gasteiger partial charge in [-0.25, -0.2) is 0 Å². The zero-order chi connectivity index (χ0) is 6.69. The summed E-state index contributed by atoms with van der Waals surface area (Å²) in [5.74, 6) is 0. The smallest absolute Gasteiger partial charge is 0.316 e. The summed E-state index contributed by atoms with van der Waals surface area (Å²) in [5.41, 5.74) is 0.713. The number of hydrogen-bond acceptors (Lipinski definition) is 2. The van der Waals surface area contributed by atoms with Gasteiger partial charge in [-0.2, -0.15) is 0 Å². The molecule has 0 bridgehead atoms. The molecule has 47 valence electrons. The SMILES string of the molecule is CN([C]=O)c1ccoc1. The lowest BCUT2D eigenvalue weighted by Gasteiger charge is -2.02. The van der Waals surface area contributed by atoms with Crippen molar-refractivity contribution in [3.8, 4) is 0 Å². The first kappa shape index (κ1) is 5.88. The Morgan fingerprint density at radius 3 is 3.00 bits per heavy atom. The van der Waals surface area contributed by atoms with Crippen molar-refractivity contribution in [1.82, 2.24) is 0 Å². The zero-order valence-electron chi connectivity index (χ0n) is 5.00. The first-order chi connectivity index (χ1) is 4.34. The van der Waals surface area contributed by atoms with Crippen LogP contribution in [0.1, 0.15) is 0 Å². The molecule has 3 nitrogen and oxygen atoms in total. The van der Waals surface area contributed by atoms with Crippen molar-refractivity contribution >= 4 is 12.1 Å². The summed E-state index contributed by atoms with van der Waals surface area (Å²) in [6.07, 6.45) is 4.67. The van der Waals surface area contributed by atoms with Crippen LogP contribution in [0.3, 0.4) is 0 Å². The molecule has 1 heterocycles. The van der Waals surface area contributed by atoms with Crippen LogP contribution in [-0.4, -0.2) is 13.5 Å². The summed E-state index contributed by atoms with van der Waals surface area (Å²) in [4.78, 5) is 11.3. The number of carbonyl (C=O) groups excluding carboxylic acids is 1. The molecule has 0 aliphatic rings. The zero-order valence-corrected chi connectivity index (χ0v) is 5.00. The number of anilines is 1. The van der Waals surface area contributed by atoms with Gasteiger partial charge in [-0.1, -0.05) is 0 Å². The Bertz CT molecular complexity index is 181. The van der Waals surface area contributed by atoms with Crippen LogP contribution in [0, 0.1) is 0 Å². The molecule has 0 aliphatic heterocycles. The number of nitrogens with zero attached hydrogens (tertiary/aromatic N) is 1. The molecule has 0 aromatic carbocycles. The van der Waals surface area contributed by atoms with Gasteiger partial charge in [-0.05, 0) is 0 Å². The van der Waals surface area contributed by atoms with Gasteiger partial charge in [0.2, 0.25) is 0 Å². The van der Waals surface area contributed by atoms with Crippen LogP contribution in [0.4, 0.5) is 5.69 Å². The fraction of sp³-hybridized carbons (Fsp3) is 0.167. The van der Waals surface area contributed by atoms with Crippen molar-refractivity contribution in [3.05, 3.63) is 18.6 Å². The van der Waals surface area contributed by atoms with Gasteiger partial charge in [0, 0.05) is 13.1 Å². The van der Waals surface area contributed by atoms with Crippen LogP contribution >= 0.6 is 0 Å². The van der Waals surface area contributed by atoms with E-state index in [1.165, 1.54) is 17.4 Å². The standard InChI is InChI=1S/C6H6NO2/c1-7(5-8)6-2-3-9-4-6/h2-4H,1H3. The maximum absolute atomic E-state index is 9.96. The number of rotatable bonds is 2. The van der Waals surface area contributed by atoms with Gasteiger partial charge < -0.3 is 9.32 Å². The van der Waals surface area contributed by atoms with E-state index in [2.05, 4.69) is 0 Å². The second kappa shape index (κ2) is 2.35. The van der Waals surface area contributed by atoms with Crippen LogP contribution in [0.15, 0.2) is 23.0 Å². The van der Waals surface area contributed by atoms with Crippen LogP contribution in [0.5, 0.6) is 0 Å². The van der Waals surface area contributed by atoms with E-state index in [4.69, 9.17) is 4.42 Å². The van der Waals surface area contributed by atoms with Crippen LogP contribution < -0.4 is 4.90 Å². The fourth-order valence-electron chi connectivity index (χ4n) is 0.501. The van der Waals surface area contributed by atoms with Crippen LogP contribution in [0.25, 0.3) is 0 Å². The molecular formula is C6H6NO2. The van der Waals surface area contributed by atoms with Gasteiger partial charge in [0.1, 0.15) is 6.26 Å². The van der Waals surface area contributed by atoms with Gasteiger partial charge in [0.05, 0.1) is 12.0 Å². The number of hydrogen-bond donors (Lipinski definition) is 0. The molecule has 1 rings (SSSR count).